The van der Waals surface area contributed by atoms with Crippen LogP contribution in [0.3, 0.4) is 0 Å². The molecule has 0 radical (unpaired) electrons. The molecule has 0 aliphatic rings. The summed E-state index contributed by atoms with van der Waals surface area (Å²) in [7, 11) is 1.50. The number of para-hydroxylation sites is 2. The van der Waals surface area contributed by atoms with Gasteiger partial charge in [-0.2, -0.15) is 0 Å². The van der Waals surface area contributed by atoms with Crippen molar-refractivity contribution in [3.63, 3.8) is 0 Å². The Kier molecular flexibility index (Phi) is 9.31. The fourth-order valence-electron chi connectivity index (χ4n) is 2.41. The van der Waals surface area contributed by atoms with Crippen molar-refractivity contribution in [1.82, 2.24) is 10.9 Å². The summed E-state index contributed by atoms with van der Waals surface area (Å²) in [6.45, 7) is -0.562. The molecule has 31 heavy (non-hydrogen) atoms. The molecule has 0 heterocycles. The average molecular weight is 448 g/mol. The summed E-state index contributed by atoms with van der Waals surface area (Å²) in [5.74, 6) is -1.63. The number of anilines is 1. The number of nitrogens with one attached hydrogen (secondary N) is 3. The van der Waals surface area contributed by atoms with Crippen LogP contribution in [-0.2, 0) is 19.1 Å². The molecule has 0 bridgehead atoms. The van der Waals surface area contributed by atoms with Crippen molar-refractivity contribution in [2.24, 2.45) is 0 Å². The third-order valence-electron chi connectivity index (χ3n) is 3.95. The van der Waals surface area contributed by atoms with Gasteiger partial charge in [0.05, 0.1) is 12.8 Å². The number of rotatable bonds is 9. The molecule has 0 aromatic heterocycles. The van der Waals surface area contributed by atoms with Crippen molar-refractivity contribution in [3.05, 3.63) is 59.1 Å². The first-order chi connectivity index (χ1) is 14.9. The predicted octanol–water partition coefficient (Wildman–Crippen LogP) is 2.46. The number of carbonyl (C=O) groups excluding carboxylic acids is 4. The molecular formula is C21H22ClN3O6. The molecule has 9 nitrogen and oxygen atoms in total. The Labute approximate surface area is 184 Å². The number of carbonyl (C=O) groups is 4. The van der Waals surface area contributed by atoms with E-state index in [0.717, 1.165) is 0 Å². The zero-order valence-corrected chi connectivity index (χ0v) is 17.5. The van der Waals surface area contributed by atoms with Gasteiger partial charge in [-0.25, -0.2) is 0 Å². The van der Waals surface area contributed by atoms with Gasteiger partial charge in [-0.3, -0.25) is 30.0 Å². The largest absolute Gasteiger partial charge is 0.495 e. The van der Waals surface area contributed by atoms with Crippen molar-refractivity contribution >= 4 is 41.0 Å². The van der Waals surface area contributed by atoms with Gasteiger partial charge in [0.25, 0.3) is 11.8 Å². The lowest BCUT2D eigenvalue weighted by Gasteiger charge is -2.10. The lowest BCUT2D eigenvalue weighted by molar-refractivity contribution is -0.148. The van der Waals surface area contributed by atoms with Gasteiger partial charge in [-0.15, -0.1) is 0 Å². The van der Waals surface area contributed by atoms with E-state index in [1.54, 1.807) is 24.3 Å². The van der Waals surface area contributed by atoms with Crippen molar-refractivity contribution in [3.8, 4) is 5.75 Å². The molecule has 164 valence electrons. The highest BCUT2D eigenvalue weighted by molar-refractivity contribution is 6.30. The van der Waals surface area contributed by atoms with Crippen LogP contribution in [0.5, 0.6) is 5.75 Å². The Morgan fingerprint density at radius 3 is 2.32 bits per heavy atom. The van der Waals surface area contributed by atoms with Crippen LogP contribution < -0.4 is 20.9 Å². The standard InChI is InChI=1S/C21H22ClN3O6/c1-30-17-6-3-2-5-16(17)23-18(26)7-4-8-20(28)31-13-19(27)24-25-21(29)14-9-11-15(22)12-10-14/h2-3,5-6,9-12H,4,7-8,13H2,1H3,(H,23,26)(H,24,27)(H,25,29). The number of benzene rings is 2. The van der Waals surface area contributed by atoms with E-state index in [2.05, 4.69) is 16.2 Å². The number of hydrogen-bond acceptors (Lipinski definition) is 6. The fraction of sp³-hybridized carbons (Fsp3) is 0.238. The smallest absolute Gasteiger partial charge is 0.306 e. The van der Waals surface area contributed by atoms with E-state index >= 15 is 0 Å². The van der Waals surface area contributed by atoms with Gasteiger partial charge in [0, 0.05) is 23.4 Å². The molecule has 0 saturated heterocycles. The Balaban J connectivity index is 1.61. The Morgan fingerprint density at radius 2 is 1.61 bits per heavy atom. The molecular weight excluding hydrogens is 426 g/mol. The van der Waals surface area contributed by atoms with Gasteiger partial charge in [0.15, 0.2) is 6.61 Å². The third-order valence-corrected chi connectivity index (χ3v) is 4.20. The topological polar surface area (TPSA) is 123 Å². The summed E-state index contributed by atoms with van der Waals surface area (Å²) in [6, 6.07) is 13.0. The van der Waals surface area contributed by atoms with Crippen molar-refractivity contribution in [2.75, 3.05) is 19.0 Å². The minimum absolute atomic E-state index is 0.0379. The number of methoxy groups -OCH3 is 1. The normalized spacial score (nSPS) is 10.0. The molecule has 3 N–H and O–H groups in total. The molecule has 2 aromatic carbocycles. The molecule has 0 aliphatic carbocycles. The van der Waals surface area contributed by atoms with Gasteiger partial charge >= 0.3 is 5.97 Å². The van der Waals surface area contributed by atoms with Crippen LogP contribution in [0.4, 0.5) is 5.69 Å². The van der Waals surface area contributed by atoms with E-state index < -0.39 is 24.4 Å². The molecule has 2 aromatic rings. The summed E-state index contributed by atoms with van der Waals surface area (Å²) in [5.41, 5.74) is 5.17. The predicted molar refractivity (Wildman–Crippen MR) is 113 cm³/mol. The van der Waals surface area contributed by atoms with Gasteiger partial charge in [0.2, 0.25) is 5.91 Å². The molecule has 0 aliphatic heterocycles. The second-order valence-electron chi connectivity index (χ2n) is 6.27. The first-order valence-corrected chi connectivity index (χ1v) is 9.70. The summed E-state index contributed by atoms with van der Waals surface area (Å²) < 4.78 is 9.97. The molecule has 10 heteroatoms. The highest BCUT2D eigenvalue weighted by Crippen LogP contribution is 2.23. The maximum absolute atomic E-state index is 12.0. The molecule has 2 rings (SSSR count). The lowest BCUT2D eigenvalue weighted by atomic mass is 10.2. The number of amides is 3. The zero-order valence-electron chi connectivity index (χ0n) is 16.8. The fourth-order valence-corrected chi connectivity index (χ4v) is 2.53. The van der Waals surface area contributed by atoms with Gasteiger partial charge < -0.3 is 14.8 Å². The first-order valence-electron chi connectivity index (χ1n) is 9.32. The minimum Gasteiger partial charge on any atom is -0.495 e. The van der Waals surface area contributed by atoms with E-state index in [4.69, 9.17) is 21.1 Å². The van der Waals surface area contributed by atoms with E-state index in [0.29, 0.717) is 22.0 Å². The second-order valence-corrected chi connectivity index (χ2v) is 6.71. The summed E-state index contributed by atoms with van der Waals surface area (Å²) in [4.78, 5) is 47.2. The van der Waals surface area contributed by atoms with Crippen LogP contribution >= 0.6 is 11.6 Å². The Morgan fingerprint density at radius 1 is 0.903 bits per heavy atom. The van der Waals surface area contributed by atoms with Gasteiger partial charge in [0.1, 0.15) is 5.75 Å². The highest BCUT2D eigenvalue weighted by atomic mass is 35.5. The maximum Gasteiger partial charge on any atom is 0.306 e. The summed E-state index contributed by atoms with van der Waals surface area (Å²) in [6.07, 6.45) is 0.301. The van der Waals surface area contributed by atoms with Crippen LogP contribution in [0.25, 0.3) is 0 Å². The monoisotopic (exact) mass is 447 g/mol. The third kappa shape index (κ3) is 8.35. The molecule has 0 fully saturated rings. The molecule has 0 atom stereocenters. The SMILES string of the molecule is COc1ccccc1NC(=O)CCCC(=O)OCC(=O)NNC(=O)c1ccc(Cl)cc1. The highest BCUT2D eigenvalue weighted by Gasteiger charge is 2.12. The Hall–Kier alpha value is -3.59. The van der Waals surface area contributed by atoms with Crippen LogP contribution in [0.2, 0.25) is 5.02 Å². The first kappa shape index (κ1) is 23.7. The molecule has 3 amide bonds. The second kappa shape index (κ2) is 12.2. The lowest BCUT2D eigenvalue weighted by Crippen LogP contribution is -2.43. The van der Waals surface area contributed by atoms with Crippen LogP contribution in [-0.4, -0.2) is 37.4 Å². The van der Waals surface area contributed by atoms with Crippen LogP contribution in [0.15, 0.2) is 48.5 Å². The van der Waals surface area contributed by atoms with Crippen molar-refractivity contribution in [2.45, 2.75) is 19.3 Å². The molecule has 0 saturated carbocycles. The number of hydrazine groups is 1. The van der Waals surface area contributed by atoms with Crippen molar-refractivity contribution in [1.29, 1.82) is 0 Å². The number of halogens is 1. The average Bonchev–Trinajstić information content (AvgIpc) is 2.76. The van der Waals surface area contributed by atoms with Crippen LogP contribution in [0, 0.1) is 0 Å². The van der Waals surface area contributed by atoms with Crippen molar-refractivity contribution < 1.29 is 28.7 Å². The van der Waals surface area contributed by atoms with E-state index in [1.807, 2.05) is 0 Å². The number of ether oxygens (including phenoxy) is 2. The number of hydrogen-bond donors (Lipinski definition) is 3. The van der Waals surface area contributed by atoms with E-state index in [1.165, 1.54) is 31.4 Å². The quantitative estimate of drug-likeness (QED) is 0.401. The Bertz CT molecular complexity index is 933. The number of esters is 1. The summed E-state index contributed by atoms with van der Waals surface area (Å²) in [5, 5.41) is 3.18. The van der Waals surface area contributed by atoms with Gasteiger partial charge in [-0.1, -0.05) is 23.7 Å². The summed E-state index contributed by atoms with van der Waals surface area (Å²) >= 11 is 5.74. The molecule has 0 unspecified atom stereocenters. The molecule has 0 spiro atoms. The minimum atomic E-state index is -0.704. The zero-order chi connectivity index (χ0) is 22.6. The van der Waals surface area contributed by atoms with Crippen LogP contribution in [0.1, 0.15) is 29.6 Å². The van der Waals surface area contributed by atoms with E-state index in [9.17, 15) is 19.2 Å². The van der Waals surface area contributed by atoms with Gasteiger partial charge in [-0.05, 0) is 42.8 Å². The van der Waals surface area contributed by atoms with E-state index in [-0.39, 0.29) is 25.2 Å². The maximum atomic E-state index is 12.0.